The summed E-state index contributed by atoms with van der Waals surface area (Å²) < 4.78 is 22.6. The molecule has 2 rings (SSSR count). The molecule has 148 valence electrons. The van der Waals surface area contributed by atoms with Crippen molar-refractivity contribution in [2.75, 3.05) is 26.9 Å². The van der Waals surface area contributed by atoms with E-state index in [0.29, 0.717) is 17.2 Å². The minimum atomic E-state index is -1.24. The van der Waals surface area contributed by atoms with Gasteiger partial charge >= 0.3 is 11.9 Å². The number of hydrogen-bond donors (Lipinski definition) is 2. The van der Waals surface area contributed by atoms with Gasteiger partial charge in [-0.15, -0.1) is 0 Å². The van der Waals surface area contributed by atoms with Gasteiger partial charge in [0.2, 0.25) is 5.75 Å². The number of aliphatic carboxylic acids is 1. The second kappa shape index (κ2) is 8.30. The average Bonchev–Trinajstić information content (AvgIpc) is 2.78. The number of para-hydroxylation sites is 1. The molecule has 27 heavy (non-hydrogen) atoms. The molecule has 1 aromatic carbocycles. The van der Waals surface area contributed by atoms with Crippen LogP contribution in [0.25, 0.3) is 0 Å². The molecule has 0 aliphatic carbocycles. The van der Waals surface area contributed by atoms with Crippen LogP contribution in [0.3, 0.4) is 0 Å². The van der Waals surface area contributed by atoms with Crippen LogP contribution in [0.15, 0.2) is 30.4 Å². The zero-order chi connectivity index (χ0) is 20.1. The summed E-state index contributed by atoms with van der Waals surface area (Å²) in [5.41, 5.74) is -1.40. The summed E-state index contributed by atoms with van der Waals surface area (Å²) in [5.74, 6) is -0.624. The average molecular weight is 379 g/mol. The Hall–Kier alpha value is -2.74. The van der Waals surface area contributed by atoms with Crippen molar-refractivity contribution in [1.29, 1.82) is 0 Å². The summed E-state index contributed by atoms with van der Waals surface area (Å²) in [6.45, 7) is 6.22. The normalized spacial score (nSPS) is 19.4. The van der Waals surface area contributed by atoms with Crippen LogP contribution in [-0.4, -0.2) is 55.1 Å². The fourth-order valence-corrected chi connectivity index (χ4v) is 2.38. The fraction of sp³-hybridized carbons (Fsp3) is 0.474. The van der Waals surface area contributed by atoms with E-state index in [2.05, 4.69) is 5.32 Å². The summed E-state index contributed by atoms with van der Waals surface area (Å²) in [6.07, 6.45) is 1.59. The monoisotopic (exact) mass is 379 g/mol. The lowest BCUT2D eigenvalue weighted by atomic mass is 10.0. The van der Waals surface area contributed by atoms with Crippen molar-refractivity contribution in [3.63, 3.8) is 0 Å². The first-order valence-corrected chi connectivity index (χ1v) is 8.46. The molecule has 1 aliphatic rings. The van der Waals surface area contributed by atoms with Crippen molar-refractivity contribution < 1.29 is 33.6 Å². The van der Waals surface area contributed by atoms with E-state index in [1.165, 1.54) is 7.11 Å². The highest BCUT2D eigenvalue weighted by Crippen LogP contribution is 2.40. The highest BCUT2D eigenvalue weighted by atomic mass is 16.6. The number of carbonyl (C=O) groups excluding carboxylic acids is 1. The van der Waals surface area contributed by atoms with Crippen molar-refractivity contribution in [3.05, 3.63) is 30.4 Å². The van der Waals surface area contributed by atoms with Gasteiger partial charge in [-0.2, -0.15) is 0 Å². The summed E-state index contributed by atoms with van der Waals surface area (Å²) in [4.78, 5) is 22.8. The first kappa shape index (κ1) is 20.6. The second-order valence-corrected chi connectivity index (χ2v) is 7.24. The van der Waals surface area contributed by atoms with E-state index >= 15 is 0 Å². The van der Waals surface area contributed by atoms with E-state index in [-0.39, 0.29) is 25.3 Å². The van der Waals surface area contributed by atoms with Crippen LogP contribution in [-0.2, 0) is 14.3 Å². The summed E-state index contributed by atoms with van der Waals surface area (Å²) in [5, 5.41) is 12.0. The number of nitrogens with one attached hydrogen (secondary N) is 1. The Morgan fingerprint density at radius 2 is 1.96 bits per heavy atom. The number of carboxylic acids is 1. The molecule has 1 unspecified atom stereocenters. The predicted molar refractivity (Wildman–Crippen MR) is 97.3 cm³/mol. The van der Waals surface area contributed by atoms with Gasteiger partial charge in [-0.25, -0.2) is 9.59 Å². The number of carbonyl (C=O) groups is 2. The SMILES string of the molecule is COc1cccc2c1OCC(CNC(C)(C)C)(OC(=O)/C=C\C(=O)O)CO2. The van der Waals surface area contributed by atoms with Crippen LogP contribution >= 0.6 is 0 Å². The first-order valence-electron chi connectivity index (χ1n) is 8.46. The molecule has 0 saturated heterocycles. The molecular weight excluding hydrogens is 354 g/mol. The molecule has 0 fully saturated rings. The van der Waals surface area contributed by atoms with E-state index < -0.39 is 17.5 Å². The lowest BCUT2D eigenvalue weighted by Gasteiger charge is -2.33. The van der Waals surface area contributed by atoms with E-state index in [0.717, 1.165) is 12.2 Å². The fourth-order valence-electron chi connectivity index (χ4n) is 2.38. The van der Waals surface area contributed by atoms with Crippen molar-refractivity contribution in [3.8, 4) is 17.2 Å². The molecule has 1 atom stereocenters. The number of esters is 1. The molecule has 8 nitrogen and oxygen atoms in total. The van der Waals surface area contributed by atoms with Crippen molar-refractivity contribution >= 4 is 11.9 Å². The van der Waals surface area contributed by atoms with Gasteiger partial charge < -0.3 is 29.4 Å². The van der Waals surface area contributed by atoms with Gasteiger partial charge in [0.05, 0.1) is 7.11 Å². The van der Waals surface area contributed by atoms with Crippen LogP contribution in [0.1, 0.15) is 20.8 Å². The molecule has 2 N–H and O–H groups in total. The van der Waals surface area contributed by atoms with Gasteiger partial charge in [0.25, 0.3) is 0 Å². The third-order valence-electron chi connectivity index (χ3n) is 3.75. The van der Waals surface area contributed by atoms with Gasteiger partial charge in [0.15, 0.2) is 17.1 Å². The molecule has 1 aliphatic heterocycles. The van der Waals surface area contributed by atoms with Gasteiger partial charge in [-0.1, -0.05) is 6.07 Å². The predicted octanol–water partition coefficient (Wildman–Crippen LogP) is 1.78. The highest BCUT2D eigenvalue weighted by Gasteiger charge is 2.40. The molecule has 0 saturated carbocycles. The van der Waals surface area contributed by atoms with Gasteiger partial charge in [0, 0.05) is 24.2 Å². The molecule has 0 spiro atoms. The van der Waals surface area contributed by atoms with Crippen LogP contribution < -0.4 is 19.5 Å². The highest BCUT2D eigenvalue weighted by molar-refractivity contribution is 5.90. The number of ether oxygens (including phenoxy) is 4. The number of carboxylic acid groups (broad SMARTS) is 1. The number of fused-ring (bicyclic) bond motifs is 1. The molecule has 0 amide bonds. The summed E-state index contributed by atoms with van der Waals surface area (Å²) >= 11 is 0. The molecule has 1 aromatic rings. The van der Waals surface area contributed by atoms with Gasteiger partial charge in [0.1, 0.15) is 13.2 Å². The third kappa shape index (κ3) is 5.89. The maximum atomic E-state index is 12.1. The number of rotatable bonds is 6. The number of hydrogen-bond acceptors (Lipinski definition) is 7. The smallest absolute Gasteiger partial charge is 0.331 e. The molecule has 8 heteroatoms. The van der Waals surface area contributed by atoms with Gasteiger partial charge in [-0.3, -0.25) is 0 Å². The zero-order valence-electron chi connectivity index (χ0n) is 15.9. The molecule has 0 radical (unpaired) electrons. The minimum absolute atomic E-state index is 0.0100. The minimum Gasteiger partial charge on any atom is -0.493 e. The topological polar surface area (TPSA) is 103 Å². The maximum absolute atomic E-state index is 12.1. The van der Waals surface area contributed by atoms with E-state index in [1.54, 1.807) is 18.2 Å². The van der Waals surface area contributed by atoms with Crippen molar-refractivity contribution in [2.24, 2.45) is 0 Å². The van der Waals surface area contributed by atoms with E-state index in [1.807, 2.05) is 20.8 Å². The molecular formula is C19H25NO7. The molecule has 1 heterocycles. The number of benzene rings is 1. The summed E-state index contributed by atoms with van der Waals surface area (Å²) in [7, 11) is 1.52. The standard InChI is InChI=1S/C19H25NO7/c1-18(2,3)20-10-19(27-16(23)9-8-15(21)22)11-25-14-7-5-6-13(24-4)17(14)26-12-19/h5-9,20H,10-12H2,1-4H3,(H,21,22)/b9-8-. The largest absolute Gasteiger partial charge is 0.493 e. The second-order valence-electron chi connectivity index (χ2n) is 7.24. The Bertz CT molecular complexity index is 723. The number of methoxy groups -OCH3 is 1. The van der Waals surface area contributed by atoms with Crippen LogP contribution in [0.2, 0.25) is 0 Å². The Kier molecular flexibility index (Phi) is 6.32. The molecule has 0 bridgehead atoms. The Morgan fingerprint density at radius 3 is 2.59 bits per heavy atom. The maximum Gasteiger partial charge on any atom is 0.331 e. The van der Waals surface area contributed by atoms with Crippen LogP contribution in [0.5, 0.6) is 17.2 Å². The van der Waals surface area contributed by atoms with E-state index in [9.17, 15) is 9.59 Å². The zero-order valence-corrected chi connectivity index (χ0v) is 15.9. The lowest BCUT2D eigenvalue weighted by molar-refractivity contribution is -0.160. The Balaban J connectivity index is 2.25. The molecule has 0 aromatic heterocycles. The first-order chi connectivity index (χ1) is 12.6. The third-order valence-corrected chi connectivity index (χ3v) is 3.75. The Labute approximate surface area is 158 Å². The van der Waals surface area contributed by atoms with Crippen molar-refractivity contribution in [2.45, 2.75) is 31.9 Å². The lowest BCUT2D eigenvalue weighted by Crippen LogP contribution is -2.55. The van der Waals surface area contributed by atoms with Crippen LogP contribution in [0, 0.1) is 0 Å². The Morgan fingerprint density at radius 1 is 1.26 bits per heavy atom. The van der Waals surface area contributed by atoms with Crippen LogP contribution in [0.4, 0.5) is 0 Å². The van der Waals surface area contributed by atoms with Gasteiger partial charge in [-0.05, 0) is 32.9 Å². The summed E-state index contributed by atoms with van der Waals surface area (Å²) in [6, 6.07) is 5.24. The quantitative estimate of drug-likeness (QED) is 0.569. The van der Waals surface area contributed by atoms with Crippen molar-refractivity contribution in [1.82, 2.24) is 5.32 Å². The van der Waals surface area contributed by atoms with E-state index in [4.69, 9.17) is 24.1 Å².